The summed E-state index contributed by atoms with van der Waals surface area (Å²) < 4.78 is 0. The van der Waals surface area contributed by atoms with Crippen molar-refractivity contribution in [3.8, 4) is 6.07 Å². The second-order valence-corrected chi connectivity index (χ2v) is 10.4. The molecular weight excluding hydrogens is 508 g/mol. The molecule has 0 spiro atoms. The number of nitrogens with one attached hydrogen (secondary N) is 2. The molecule has 0 saturated carbocycles. The fraction of sp³-hybridized carbons (Fsp3) is 0.379. The zero-order chi connectivity index (χ0) is 28.4. The number of likely N-dealkylation sites (tertiary alicyclic amines) is 1. The van der Waals surface area contributed by atoms with E-state index in [2.05, 4.69) is 26.6 Å². The van der Waals surface area contributed by atoms with Gasteiger partial charge in [0.05, 0.1) is 18.0 Å². The number of hydrogen-bond donors (Lipinski definition) is 4. The molecule has 0 bridgehead atoms. The maximum atomic E-state index is 12.9. The summed E-state index contributed by atoms with van der Waals surface area (Å²) in [6, 6.07) is 12.7. The van der Waals surface area contributed by atoms with Gasteiger partial charge in [0.2, 0.25) is 17.7 Å². The number of benzene rings is 2. The lowest BCUT2D eigenvalue weighted by molar-refractivity contribution is -0.130. The Balaban J connectivity index is 1.57. The van der Waals surface area contributed by atoms with Gasteiger partial charge in [0, 0.05) is 17.7 Å². The van der Waals surface area contributed by atoms with Crippen molar-refractivity contribution in [1.29, 1.82) is 5.26 Å². The van der Waals surface area contributed by atoms with Gasteiger partial charge in [0.15, 0.2) is 0 Å². The molecule has 1 aliphatic heterocycles. The predicted molar refractivity (Wildman–Crippen MR) is 146 cm³/mol. The number of rotatable bonds is 8. The number of aromatic amines is 1. The van der Waals surface area contributed by atoms with E-state index in [1.54, 1.807) is 17.0 Å². The first-order valence-electron chi connectivity index (χ1n) is 13.4. The molecule has 2 heterocycles. The molecule has 6 N–H and O–H groups in total. The van der Waals surface area contributed by atoms with Gasteiger partial charge < -0.3 is 26.7 Å². The molecule has 3 aromatic rings. The number of aromatic nitrogens is 3. The van der Waals surface area contributed by atoms with E-state index in [4.69, 9.17) is 11.5 Å². The van der Waals surface area contributed by atoms with Crippen molar-refractivity contribution in [2.75, 3.05) is 19.6 Å². The van der Waals surface area contributed by atoms with Crippen LogP contribution in [0.2, 0.25) is 0 Å². The first-order valence-corrected chi connectivity index (χ1v) is 13.4. The molecule has 1 aliphatic carbocycles. The number of aryl methyl sites for hydroxylation is 3. The van der Waals surface area contributed by atoms with Crippen LogP contribution >= 0.6 is 0 Å². The number of amides is 3. The summed E-state index contributed by atoms with van der Waals surface area (Å²) in [5.41, 5.74) is 15.0. The molecule has 1 saturated heterocycles. The minimum absolute atomic E-state index is 0.102. The van der Waals surface area contributed by atoms with E-state index >= 15 is 0 Å². The summed E-state index contributed by atoms with van der Waals surface area (Å²) in [5.74, 6) is 0.126. The number of nitrogens with zero attached hydrogens (tertiary/aromatic N) is 4. The minimum atomic E-state index is -0.840. The third-order valence-electron chi connectivity index (χ3n) is 8.04. The van der Waals surface area contributed by atoms with Crippen LogP contribution in [0, 0.1) is 18.3 Å². The van der Waals surface area contributed by atoms with Crippen molar-refractivity contribution in [3.05, 3.63) is 81.4 Å². The van der Waals surface area contributed by atoms with E-state index in [1.165, 1.54) is 0 Å². The van der Waals surface area contributed by atoms with Gasteiger partial charge in [-0.15, -0.1) is 10.2 Å². The van der Waals surface area contributed by atoms with Crippen LogP contribution in [0.15, 0.2) is 36.4 Å². The largest absolute Gasteiger partial charge is 0.366 e. The topological polar surface area (TPSA) is 184 Å². The number of nitriles is 1. The number of fused-ring (bicyclic) bond motifs is 2. The zero-order valence-electron chi connectivity index (χ0n) is 22.4. The predicted octanol–water partition coefficient (Wildman–Crippen LogP) is 1.24. The molecule has 1 fully saturated rings. The summed E-state index contributed by atoms with van der Waals surface area (Å²) in [5, 5.41) is 21.5. The molecule has 2 aromatic carbocycles. The third-order valence-corrected chi connectivity index (χ3v) is 8.04. The van der Waals surface area contributed by atoms with Crippen LogP contribution in [0.4, 0.5) is 0 Å². The Morgan fingerprint density at radius 2 is 1.70 bits per heavy atom. The van der Waals surface area contributed by atoms with Gasteiger partial charge in [0.1, 0.15) is 17.7 Å². The molecule has 11 nitrogen and oxygen atoms in total. The fourth-order valence-corrected chi connectivity index (χ4v) is 6.11. The Morgan fingerprint density at radius 1 is 1.07 bits per heavy atom. The van der Waals surface area contributed by atoms with Crippen molar-refractivity contribution in [2.24, 2.45) is 11.5 Å². The lowest BCUT2D eigenvalue weighted by Crippen LogP contribution is -2.42. The van der Waals surface area contributed by atoms with Gasteiger partial charge in [-0.25, -0.2) is 0 Å². The van der Waals surface area contributed by atoms with Gasteiger partial charge in [-0.2, -0.15) is 5.26 Å². The first kappa shape index (κ1) is 27.0. The van der Waals surface area contributed by atoms with E-state index in [0.29, 0.717) is 61.5 Å². The van der Waals surface area contributed by atoms with Crippen LogP contribution in [-0.2, 0) is 23.1 Å². The molecular formula is C29H32N8O3. The Kier molecular flexibility index (Phi) is 7.36. The van der Waals surface area contributed by atoms with Crippen molar-refractivity contribution < 1.29 is 14.4 Å². The van der Waals surface area contributed by atoms with Crippen molar-refractivity contribution >= 4 is 17.7 Å². The molecule has 1 unspecified atom stereocenters. The monoisotopic (exact) mass is 540 g/mol. The highest BCUT2D eigenvalue weighted by atomic mass is 16.2. The Morgan fingerprint density at radius 3 is 2.23 bits per heavy atom. The molecule has 1 aromatic heterocycles. The molecule has 206 valence electrons. The number of H-pyrrole nitrogens is 1. The average molecular weight is 541 g/mol. The average Bonchev–Trinajstić information content (AvgIpc) is 3.58. The van der Waals surface area contributed by atoms with Gasteiger partial charge in [-0.1, -0.05) is 12.1 Å². The minimum Gasteiger partial charge on any atom is -0.366 e. The van der Waals surface area contributed by atoms with Crippen LogP contribution in [0.25, 0.3) is 0 Å². The van der Waals surface area contributed by atoms with Crippen molar-refractivity contribution in [2.45, 2.75) is 50.5 Å². The van der Waals surface area contributed by atoms with E-state index < -0.39 is 17.2 Å². The first-order chi connectivity index (χ1) is 19.2. The summed E-state index contributed by atoms with van der Waals surface area (Å²) in [7, 11) is 0. The Labute approximate surface area is 231 Å². The van der Waals surface area contributed by atoms with E-state index in [1.807, 2.05) is 31.2 Å². The Bertz CT molecular complexity index is 1460. The SMILES string of the molecule is Cc1nnc(C2(CCNCC(=O)N3CCCC3C#N)c3ccc(C(N)=O)cc3CCc3cc(C(N)=O)ccc32)[nH]1. The second kappa shape index (κ2) is 10.9. The highest BCUT2D eigenvalue weighted by molar-refractivity contribution is 5.94. The summed E-state index contributed by atoms with van der Waals surface area (Å²) in [6.45, 7) is 2.95. The van der Waals surface area contributed by atoms with Crippen LogP contribution in [0.5, 0.6) is 0 Å². The molecule has 40 heavy (non-hydrogen) atoms. The maximum Gasteiger partial charge on any atom is 0.248 e. The van der Waals surface area contributed by atoms with Crippen LogP contribution < -0.4 is 16.8 Å². The second-order valence-electron chi connectivity index (χ2n) is 10.4. The van der Waals surface area contributed by atoms with Gasteiger partial charge in [-0.3, -0.25) is 14.4 Å². The van der Waals surface area contributed by atoms with E-state index in [-0.39, 0.29) is 18.5 Å². The quantitative estimate of drug-likeness (QED) is 0.310. The number of carbonyl (C=O) groups is 3. The zero-order valence-corrected chi connectivity index (χ0v) is 22.4. The highest BCUT2D eigenvalue weighted by Crippen LogP contribution is 2.46. The molecule has 1 atom stereocenters. The summed E-state index contributed by atoms with van der Waals surface area (Å²) in [6.07, 6.45) is 3.23. The molecule has 5 rings (SSSR count). The smallest absolute Gasteiger partial charge is 0.248 e. The highest BCUT2D eigenvalue weighted by Gasteiger charge is 2.44. The van der Waals surface area contributed by atoms with E-state index in [0.717, 1.165) is 28.7 Å². The number of hydrogen-bond acceptors (Lipinski definition) is 7. The van der Waals surface area contributed by atoms with Crippen LogP contribution in [0.1, 0.15) is 73.9 Å². The molecule has 2 aliphatic rings. The van der Waals surface area contributed by atoms with Crippen molar-refractivity contribution in [1.82, 2.24) is 25.4 Å². The summed E-state index contributed by atoms with van der Waals surface area (Å²) in [4.78, 5) is 41.9. The molecule has 0 radical (unpaired) electrons. The standard InChI is InChI=1S/C29H32N8O3/c1-17-34-28(36-35-17)29(10-11-33-16-25(38)37-12-2-3-22(37)15-30)23-8-6-20(26(31)39)13-18(23)4-5-19-14-21(27(32)40)7-9-24(19)29/h6-9,13-14,22,33H,2-5,10-12,16H2,1H3,(H2,31,39)(H2,32,40)(H,34,35,36). The lowest BCUT2D eigenvalue weighted by atomic mass is 9.69. The normalized spacial score (nSPS) is 17.4. The van der Waals surface area contributed by atoms with Crippen LogP contribution in [0.3, 0.4) is 0 Å². The van der Waals surface area contributed by atoms with E-state index in [9.17, 15) is 19.6 Å². The number of carbonyl (C=O) groups excluding carboxylic acids is 3. The van der Waals surface area contributed by atoms with Gasteiger partial charge >= 0.3 is 0 Å². The van der Waals surface area contributed by atoms with Crippen molar-refractivity contribution in [3.63, 3.8) is 0 Å². The maximum absolute atomic E-state index is 12.9. The molecule has 3 amide bonds. The van der Waals surface area contributed by atoms with Gasteiger partial charge in [0.25, 0.3) is 0 Å². The van der Waals surface area contributed by atoms with Gasteiger partial charge in [-0.05, 0) is 92.1 Å². The van der Waals surface area contributed by atoms with Crippen LogP contribution in [-0.4, -0.2) is 63.5 Å². The number of nitrogens with two attached hydrogens (primary N) is 2. The fourth-order valence-electron chi connectivity index (χ4n) is 6.11. The lowest BCUT2D eigenvalue weighted by Gasteiger charge is -2.35. The third kappa shape index (κ3) is 4.82. The summed E-state index contributed by atoms with van der Waals surface area (Å²) >= 11 is 0. The molecule has 11 heteroatoms. The Hall–Kier alpha value is -4.56. The number of primary amides is 2.